The van der Waals surface area contributed by atoms with Gasteiger partial charge in [-0.25, -0.2) is 8.78 Å². The van der Waals surface area contributed by atoms with Gasteiger partial charge in [0.2, 0.25) is 0 Å². The van der Waals surface area contributed by atoms with Gasteiger partial charge in [-0.05, 0) is 24.6 Å². The lowest BCUT2D eigenvalue weighted by Crippen LogP contribution is -1.92. The fourth-order valence-corrected chi connectivity index (χ4v) is 1.86. The Kier molecular flexibility index (Phi) is 2.92. The van der Waals surface area contributed by atoms with Crippen molar-refractivity contribution in [3.63, 3.8) is 0 Å². The predicted molar refractivity (Wildman–Crippen MR) is 61.5 cm³/mol. The quantitative estimate of drug-likeness (QED) is 0.682. The summed E-state index contributed by atoms with van der Waals surface area (Å²) in [6.45, 7) is 1.63. The minimum absolute atomic E-state index is 0.116. The highest BCUT2D eigenvalue weighted by molar-refractivity contribution is 6.33. The largest absolute Gasteiger partial charge is 0.206 e. The van der Waals surface area contributed by atoms with Gasteiger partial charge >= 0.3 is 0 Å². The van der Waals surface area contributed by atoms with Crippen molar-refractivity contribution in [1.82, 2.24) is 0 Å². The van der Waals surface area contributed by atoms with E-state index in [1.165, 1.54) is 18.2 Å². The highest BCUT2D eigenvalue weighted by Crippen LogP contribution is 2.32. The summed E-state index contributed by atoms with van der Waals surface area (Å²) in [7, 11) is 0. The van der Waals surface area contributed by atoms with Crippen molar-refractivity contribution >= 4 is 11.6 Å². The third-order valence-electron chi connectivity index (χ3n) is 2.42. The number of rotatable bonds is 1. The van der Waals surface area contributed by atoms with Crippen molar-refractivity contribution in [1.29, 1.82) is 0 Å². The average Bonchev–Trinajstić information content (AvgIpc) is 2.24. The first-order valence-electron chi connectivity index (χ1n) is 4.80. The first-order valence-corrected chi connectivity index (χ1v) is 5.18. The second-order valence-electron chi connectivity index (χ2n) is 3.53. The van der Waals surface area contributed by atoms with Crippen LogP contribution in [0.2, 0.25) is 5.02 Å². The van der Waals surface area contributed by atoms with Crippen LogP contribution in [0.3, 0.4) is 0 Å². The van der Waals surface area contributed by atoms with E-state index in [1.807, 2.05) is 0 Å². The average molecular weight is 239 g/mol. The molecule has 0 aliphatic carbocycles. The fourth-order valence-electron chi connectivity index (χ4n) is 1.60. The molecule has 2 aromatic rings. The third kappa shape index (κ3) is 1.81. The van der Waals surface area contributed by atoms with Crippen LogP contribution in [0.4, 0.5) is 8.78 Å². The standard InChI is InChI=1S/C13H9ClF2/c1-8-4-2-5-9(13(8)16)12-10(14)6-3-7-11(12)15/h2-7H,1H3. The molecule has 0 unspecified atom stereocenters. The minimum Gasteiger partial charge on any atom is -0.206 e. The molecular formula is C13H9ClF2. The smallest absolute Gasteiger partial charge is 0.134 e. The van der Waals surface area contributed by atoms with Crippen LogP contribution in [0.15, 0.2) is 36.4 Å². The van der Waals surface area contributed by atoms with Crippen LogP contribution < -0.4 is 0 Å². The molecule has 0 aromatic heterocycles. The van der Waals surface area contributed by atoms with Gasteiger partial charge in [-0.3, -0.25) is 0 Å². The SMILES string of the molecule is Cc1cccc(-c2c(F)cccc2Cl)c1F. The number of aryl methyl sites for hydroxylation is 1. The number of hydrogen-bond donors (Lipinski definition) is 0. The molecule has 2 rings (SSSR count). The van der Waals surface area contributed by atoms with E-state index in [9.17, 15) is 8.78 Å². The summed E-state index contributed by atoms with van der Waals surface area (Å²) in [4.78, 5) is 0. The lowest BCUT2D eigenvalue weighted by atomic mass is 10.0. The molecule has 0 spiro atoms. The first-order chi connectivity index (χ1) is 7.61. The molecule has 0 aliphatic heterocycles. The molecule has 0 fully saturated rings. The van der Waals surface area contributed by atoms with Crippen molar-refractivity contribution in [2.24, 2.45) is 0 Å². The van der Waals surface area contributed by atoms with E-state index in [0.717, 1.165) is 0 Å². The molecule has 0 nitrogen and oxygen atoms in total. The topological polar surface area (TPSA) is 0 Å². The van der Waals surface area contributed by atoms with Crippen LogP contribution in [0, 0.1) is 18.6 Å². The van der Waals surface area contributed by atoms with E-state index >= 15 is 0 Å². The normalized spacial score (nSPS) is 10.5. The van der Waals surface area contributed by atoms with Crippen LogP contribution in [0.1, 0.15) is 5.56 Å². The van der Waals surface area contributed by atoms with E-state index in [0.29, 0.717) is 5.56 Å². The highest BCUT2D eigenvalue weighted by Gasteiger charge is 2.14. The Morgan fingerprint density at radius 3 is 2.38 bits per heavy atom. The van der Waals surface area contributed by atoms with Crippen molar-refractivity contribution in [3.05, 3.63) is 58.6 Å². The van der Waals surface area contributed by atoms with Gasteiger partial charge in [0.05, 0.1) is 5.02 Å². The maximum Gasteiger partial charge on any atom is 0.134 e. The fraction of sp³-hybridized carbons (Fsp3) is 0.0769. The van der Waals surface area contributed by atoms with Gasteiger partial charge in [0.1, 0.15) is 11.6 Å². The predicted octanol–water partition coefficient (Wildman–Crippen LogP) is 4.59. The Labute approximate surface area is 97.5 Å². The first kappa shape index (κ1) is 11.1. The Bertz CT molecular complexity index is 515. The van der Waals surface area contributed by atoms with Crippen molar-refractivity contribution in [2.75, 3.05) is 0 Å². The maximum atomic E-state index is 13.8. The summed E-state index contributed by atoms with van der Waals surface area (Å²) in [5, 5.41) is 0.213. The zero-order valence-electron chi connectivity index (χ0n) is 8.60. The van der Waals surface area contributed by atoms with E-state index in [1.54, 1.807) is 25.1 Å². The minimum atomic E-state index is -0.517. The summed E-state index contributed by atoms with van der Waals surface area (Å²) >= 11 is 5.88. The number of halogens is 3. The Morgan fingerprint density at radius 1 is 1.00 bits per heavy atom. The van der Waals surface area contributed by atoms with Crippen LogP contribution in [0.5, 0.6) is 0 Å². The van der Waals surface area contributed by atoms with Gasteiger partial charge in [-0.1, -0.05) is 35.9 Å². The molecule has 0 amide bonds. The van der Waals surface area contributed by atoms with Crippen molar-refractivity contribution in [3.8, 4) is 11.1 Å². The second kappa shape index (κ2) is 4.22. The molecule has 0 heterocycles. The Hall–Kier alpha value is -1.41. The van der Waals surface area contributed by atoms with Crippen molar-refractivity contribution < 1.29 is 8.78 Å². The van der Waals surface area contributed by atoms with Gasteiger partial charge < -0.3 is 0 Å². The lowest BCUT2D eigenvalue weighted by Gasteiger charge is -2.08. The highest BCUT2D eigenvalue weighted by atomic mass is 35.5. The van der Waals surface area contributed by atoms with Crippen LogP contribution in [0.25, 0.3) is 11.1 Å². The van der Waals surface area contributed by atoms with Gasteiger partial charge in [-0.2, -0.15) is 0 Å². The van der Waals surface area contributed by atoms with Crippen LogP contribution in [-0.4, -0.2) is 0 Å². The molecule has 3 heteroatoms. The van der Waals surface area contributed by atoms with Gasteiger partial charge in [0.15, 0.2) is 0 Å². The molecule has 0 aliphatic rings. The molecule has 82 valence electrons. The molecule has 0 saturated carbocycles. The molecule has 0 atom stereocenters. The molecule has 0 bridgehead atoms. The maximum absolute atomic E-state index is 13.8. The Morgan fingerprint density at radius 2 is 1.69 bits per heavy atom. The molecule has 16 heavy (non-hydrogen) atoms. The van der Waals surface area contributed by atoms with E-state index in [2.05, 4.69) is 0 Å². The van der Waals surface area contributed by atoms with Crippen LogP contribution >= 0.6 is 11.6 Å². The summed E-state index contributed by atoms with van der Waals surface area (Å²) in [6.07, 6.45) is 0. The molecule has 0 N–H and O–H groups in total. The summed E-state index contributed by atoms with van der Waals surface area (Å²) in [5.74, 6) is -0.952. The lowest BCUT2D eigenvalue weighted by molar-refractivity contribution is 0.611. The van der Waals surface area contributed by atoms with E-state index in [-0.39, 0.29) is 16.1 Å². The van der Waals surface area contributed by atoms with Gasteiger partial charge in [0.25, 0.3) is 0 Å². The molecule has 0 saturated heterocycles. The van der Waals surface area contributed by atoms with E-state index < -0.39 is 11.6 Å². The molecule has 0 radical (unpaired) electrons. The zero-order valence-corrected chi connectivity index (χ0v) is 9.35. The number of hydrogen-bond acceptors (Lipinski definition) is 0. The molecular weight excluding hydrogens is 230 g/mol. The van der Waals surface area contributed by atoms with E-state index in [4.69, 9.17) is 11.6 Å². The molecule has 2 aromatic carbocycles. The summed E-state index contributed by atoms with van der Waals surface area (Å²) in [5.41, 5.74) is 0.783. The summed E-state index contributed by atoms with van der Waals surface area (Å²) < 4.78 is 27.4. The Balaban J connectivity index is 2.73. The van der Waals surface area contributed by atoms with Gasteiger partial charge in [0, 0.05) is 11.1 Å². The zero-order chi connectivity index (χ0) is 11.7. The second-order valence-corrected chi connectivity index (χ2v) is 3.94. The van der Waals surface area contributed by atoms with Gasteiger partial charge in [-0.15, -0.1) is 0 Å². The summed E-state index contributed by atoms with van der Waals surface area (Å²) in [6, 6.07) is 9.14. The van der Waals surface area contributed by atoms with Crippen LogP contribution in [-0.2, 0) is 0 Å². The third-order valence-corrected chi connectivity index (χ3v) is 2.74. The number of benzene rings is 2. The monoisotopic (exact) mass is 238 g/mol. The van der Waals surface area contributed by atoms with Crippen molar-refractivity contribution in [2.45, 2.75) is 6.92 Å².